The molecule has 0 radical (unpaired) electrons. The van der Waals surface area contributed by atoms with E-state index < -0.39 is 0 Å². The molecule has 0 saturated carbocycles. The monoisotopic (exact) mass is 396 g/mol. The molecule has 29 heavy (non-hydrogen) atoms. The molecule has 2 aromatic rings. The van der Waals surface area contributed by atoms with Gasteiger partial charge in [-0.15, -0.1) is 0 Å². The van der Waals surface area contributed by atoms with Gasteiger partial charge in [0, 0.05) is 50.5 Å². The van der Waals surface area contributed by atoms with Crippen molar-refractivity contribution in [2.45, 2.75) is 26.3 Å². The predicted octanol–water partition coefficient (Wildman–Crippen LogP) is 3.48. The summed E-state index contributed by atoms with van der Waals surface area (Å²) in [5.41, 5.74) is 3.29. The fourth-order valence-electron chi connectivity index (χ4n) is 4.19. The lowest BCUT2D eigenvalue weighted by Crippen LogP contribution is -2.55. The zero-order chi connectivity index (χ0) is 20.5. The van der Waals surface area contributed by atoms with E-state index in [4.69, 9.17) is 0 Å². The van der Waals surface area contributed by atoms with Gasteiger partial charge in [0.25, 0.3) is 0 Å². The van der Waals surface area contributed by atoms with E-state index in [2.05, 4.69) is 5.32 Å². The fourth-order valence-corrected chi connectivity index (χ4v) is 4.19. The van der Waals surface area contributed by atoms with Gasteiger partial charge in [0.05, 0.1) is 5.69 Å². The van der Waals surface area contributed by atoms with Gasteiger partial charge in [-0.3, -0.25) is 4.79 Å². The van der Waals surface area contributed by atoms with Gasteiger partial charge >= 0.3 is 6.03 Å². The highest BCUT2D eigenvalue weighted by Gasteiger charge is 2.29. The normalized spacial score (nSPS) is 18.6. The highest BCUT2D eigenvalue weighted by molar-refractivity contribution is 5.95. The summed E-state index contributed by atoms with van der Waals surface area (Å²) >= 11 is 0. The molecule has 0 aliphatic carbocycles. The van der Waals surface area contributed by atoms with E-state index in [0.717, 1.165) is 23.4 Å². The number of amides is 3. The number of rotatable bonds is 2. The first-order valence-corrected chi connectivity index (χ1v) is 9.92. The third-order valence-electron chi connectivity index (χ3n) is 5.69. The van der Waals surface area contributed by atoms with E-state index in [9.17, 15) is 14.0 Å². The van der Waals surface area contributed by atoms with Crippen LogP contribution >= 0.6 is 0 Å². The number of carbonyl (C=O) groups excluding carboxylic acids is 2. The SMILES string of the molecule is CC(=O)N1CCc2cc(NC(=O)N3CCN(c4ccccc4F)CC3C)ccc21. The fraction of sp³-hybridized carbons (Fsp3) is 0.364. The Bertz CT molecular complexity index is 948. The van der Waals surface area contributed by atoms with Gasteiger partial charge in [0.1, 0.15) is 5.82 Å². The number of nitrogens with one attached hydrogen (secondary N) is 1. The molecule has 1 atom stereocenters. The molecule has 152 valence electrons. The molecule has 1 N–H and O–H groups in total. The molecule has 4 rings (SSSR count). The van der Waals surface area contributed by atoms with Crippen molar-refractivity contribution in [2.75, 3.05) is 41.3 Å². The summed E-state index contributed by atoms with van der Waals surface area (Å²) in [5, 5.41) is 2.97. The number of anilines is 3. The molecular weight excluding hydrogens is 371 g/mol. The van der Waals surface area contributed by atoms with Gasteiger partial charge < -0.3 is 20.0 Å². The lowest BCUT2D eigenvalue weighted by molar-refractivity contribution is -0.116. The molecule has 2 aliphatic heterocycles. The molecule has 1 saturated heterocycles. The van der Waals surface area contributed by atoms with Crippen LogP contribution < -0.4 is 15.1 Å². The van der Waals surface area contributed by atoms with Crippen molar-refractivity contribution in [2.24, 2.45) is 0 Å². The molecule has 1 unspecified atom stereocenters. The minimum atomic E-state index is -0.240. The topological polar surface area (TPSA) is 55.9 Å². The van der Waals surface area contributed by atoms with Gasteiger partial charge in [-0.1, -0.05) is 12.1 Å². The van der Waals surface area contributed by atoms with Crippen molar-refractivity contribution in [3.8, 4) is 0 Å². The van der Waals surface area contributed by atoms with Crippen LogP contribution in [0.2, 0.25) is 0 Å². The van der Waals surface area contributed by atoms with E-state index in [0.29, 0.717) is 31.9 Å². The van der Waals surface area contributed by atoms with Crippen LogP contribution in [0, 0.1) is 5.82 Å². The minimum Gasteiger partial charge on any atom is -0.365 e. The van der Waals surface area contributed by atoms with Gasteiger partial charge in [-0.2, -0.15) is 0 Å². The number of hydrogen-bond donors (Lipinski definition) is 1. The number of urea groups is 1. The highest BCUT2D eigenvalue weighted by Crippen LogP contribution is 2.31. The molecule has 3 amide bonds. The Labute approximate surface area is 169 Å². The first kappa shape index (κ1) is 19.2. The molecule has 1 fully saturated rings. The van der Waals surface area contributed by atoms with E-state index in [1.54, 1.807) is 28.9 Å². The second-order valence-electron chi connectivity index (χ2n) is 7.63. The quantitative estimate of drug-likeness (QED) is 0.846. The maximum atomic E-state index is 14.1. The van der Waals surface area contributed by atoms with E-state index in [1.165, 1.54) is 6.07 Å². The van der Waals surface area contributed by atoms with E-state index >= 15 is 0 Å². The van der Waals surface area contributed by atoms with E-state index in [-0.39, 0.29) is 23.8 Å². The molecule has 2 aromatic carbocycles. The van der Waals surface area contributed by atoms with Gasteiger partial charge in [0.15, 0.2) is 0 Å². The van der Waals surface area contributed by atoms with Gasteiger partial charge in [0.2, 0.25) is 5.91 Å². The lowest BCUT2D eigenvalue weighted by Gasteiger charge is -2.40. The van der Waals surface area contributed by atoms with Crippen molar-refractivity contribution >= 4 is 29.0 Å². The van der Waals surface area contributed by atoms with Crippen LogP contribution in [0.5, 0.6) is 0 Å². The van der Waals surface area contributed by atoms with Crippen LogP contribution in [0.1, 0.15) is 19.4 Å². The van der Waals surface area contributed by atoms with Crippen molar-refractivity contribution in [1.29, 1.82) is 0 Å². The highest BCUT2D eigenvalue weighted by atomic mass is 19.1. The van der Waals surface area contributed by atoms with Crippen molar-refractivity contribution < 1.29 is 14.0 Å². The molecule has 0 bridgehead atoms. The van der Waals surface area contributed by atoms with Crippen LogP contribution in [0.15, 0.2) is 42.5 Å². The first-order valence-electron chi connectivity index (χ1n) is 9.92. The van der Waals surface area contributed by atoms with Crippen molar-refractivity contribution in [1.82, 2.24) is 4.90 Å². The van der Waals surface area contributed by atoms with Crippen molar-refractivity contribution in [3.63, 3.8) is 0 Å². The third-order valence-corrected chi connectivity index (χ3v) is 5.69. The Balaban J connectivity index is 1.41. The number of nitrogens with zero attached hydrogens (tertiary/aromatic N) is 3. The van der Waals surface area contributed by atoms with Crippen LogP contribution in [-0.2, 0) is 11.2 Å². The molecular formula is C22H25FN4O2. The number of carbonyl (C=O) groups is 2. The molecule has 0 spiro atoms. The summed E-state index contributed by atoms with van der Waals surface area (Å²) in [7, 11) is 0. The molecule has 0 aromatic heterocycles. The lowest BCUT2D eigenvalue weighted by atomic mass is 10.1. The standard InChI is InChI=1S/C22H25FN4O2/c1-15-14-25(21-6-4-3-5-19(21)23)11-12-26(15)22(29)24-18-7-8-20-17(13-18)9-10-27(20)16(2)28/h3-8,13,15H,9-12,14H2,1-2H3,(H,24,29). The minimum absolute atomic E-state index is 0.0297. The number of para-hydroxylation sites is 1. The zero-order valence-electron chi connectivity index (χ0n) is 16.7. The van der Waals surface area contributed by atoms with Crippen LogP contribution in [0.25, 0.3) is 0 Å². The summed E-state index contributed by atoms with van der Waals surface area (Å²) in [4.78, 5) is 30.0. The maximum Gasteiger partial charge on any atom is 0.322 e. The average Bonchev–Trinajstić information content (AvgIpc) is 3.11. The molecule has 2 heterocycles. The largest absolute Gasteiger partial charge is 0.365 e. The first-order chi connectivity index (χ1) is 13.9. The Morgan fingerprint density at radius 1 is 1.07 bits per heavy atom. The Morgan fingerprint density at radius 2 is 1.86 bits per heavy atom. The number of halogens is 1. The number of fused-ring (bicyclic) bond motifs is 1. The molecule has 7 heteroatoms. The van der Waals surface area contributed by atoms with E-state index in [1.807, 2.05) is 36.1 Å². The molecule has 2 aliphatic rings. The average molecular weight is 396 g/mol. The smallest absolute Gasteiger partial charge is 0.322 e. The Hall–Kier alpha value is -3.09. The summed E-state index contributed by atoms with van der Waals surface area (Å²) in [6.45, 7) is 5.89. The summed E-state index contributed by atoms with van der Waals surface area (Å²) in [5.74, 6) is -0.211. The van der Waals surface area contributed by atoms with Gasteiger partial charge in [-0.25, -0.2) is 9.18 Å². The van der Waals surface area contributed by atoms with Crippen LogP contribution in [-0.4, -0.2) is 49.1 Å². The van der Waals surface area contributed by atoms with Crippen molar-refractivity contribution in [3.05, 3.63) is 53.8 Å². The van der Waals surface area contributed by atoms with Crippen LogP contribution in [0.3, 0.4) is 0 Å². The maximum absolute atomic E-state index is 14.1. The van der Waals surface area contributed by atoms with Gasteiger partial charge in [-0.05, 0) is 49.2 Å². The number of hydrogen-bond acceptors (Lipinski definition) is 3. The van der Waals surface area contributed by atoms with Crippen LogP contribution in [0.4, 0.5) is 26.2 Å². The predicted molar refractivity (Wildman–Crippen MR) is 112 cm³/mol. The zero-order valence-corrected chi connectivity index (χ0v) is 16.7. The third kappa shape index (κ3) is 3.77. The Morgan fingerprint density at radius 3 is 2.59 bits per heavy atom. The second-order valence-corrected chi connectivity index (χ2v) is 7.63. The summed E-state index contributed by atoms with van der Waals surface area (Å²) < 4.78 is 14.1. The summed E-state index contributed by atoms with van der Waals surface area (Å²) in [6.07, 6.45) is 0.788. The number of piperazine rings is 1. The second kappa shape index (κ2) is 7.73. The Kier molecular flexibility index (Phi) is 5.13. The number of benzene rings is 2. The summed E-state index contributed by atoms with van der Waals surface area (Å²) in [6, 6.07) is 12.2. The molecule has 6 nitrogen and oxygen atoms in total.